The summed E-state index contributed by atoms with van der Waals surface area (Å²) >= 11 is 0. The summed E-state index contributed by atoms with van der Waals surface area (Å²) in [7, 11) is 0. The van der Waals surface area contributed by atoms with Gasteiger partial charge in [0.15, 0.2) is 0 Å². The summed E-state index contributed by atoms with van der Waals surface area (Å²) in [5, 5.41) is 0. The van der Waals surface area contributed by atoms with Gasteiger partial charge in [-0.3, -0.25) is 9.88 Å². The third-order valence-electron chi connectivity index (χ3n) is 5.20. The summed E-state index contributed by atoms with van der Waals surface area (Å²) in [4.78, 5) is 17.8. The molecule has 0 amide bonds. The smallest absolute Gasteiger partial charge is 0.115 e. The number of likely N-dealkylation sites (tertiary alicyclic amines) is 1. The molecule has 1 spiro atoms. The van der Waals surface area contributed by atoms with Crippen LogP contribution in [-0.2, 0) is 11.3 Å². The number of anilines is 1. The minimum Gasteiger partial charge on any atom is -0.379 e. The van der Waals surface area contributed by atoms with Crippen molar-refractivity contribution in [2.45, 2.75) is 19.4 Å². The first-order valence-electron chi connectivity index (χ1n) is 9.03. The maximum Gasteiger partial charge on any atom is 0.115 e. The van der Waals surface area contributed by atoms with E-state index in [1.54, 1.807) is 6.33 Å². The Bertz CT molecular complexity index is 668. The maximum absolute atomic E-state index is 6.01. The molecule has 0 N–H and O–H groups in total. The van der Waals surface area contributed by atoms with E-state index in [0.717, 1.165) is 57.3 Å². The number of nitrogens with zero attached hydrogens (tertiary/aromatic N) is 5. The van der Waals surface area contributed by atoms with Gasteiger partial charge in [0.1, 0.15) is 6.33 Å². The lowest BCUT2D eigenvalue weighted by Gasteiger charge is -2.43. The molecule has 25 heavy (non-hydrogen) atoms. The molecule has 6 nitrogen and oxygen atoms in total. The first-order valence-corrected chi connectivity index (χ1v) is 9.03. The van der Waals surface area contributed by atoms with Gasteiger partial charge < -0.3 is 9.64 Å². The Morgan fingerprint density at radius 1 is 1.12 bits per heavy atom. The van der Waals surface area contributed by atoms with Crippen molar-refractivity contribution in [3.05, 3.63) is 48.8 Å². The largest absolute Gasteiger partial charge is 0.379 e. The quantitative estimate of drug-likeness (QED) is 0.852. The molecule has 0 unspecified atom stereocenters. The van der Waals surface area contributed by atoms with Gasteiger partial charge in [-0.05, 0) is 31.5 Å². The van der Waals surface area contributed by atoms with E-state index in [0.29, 0.717) is 0 Å². The molecular formula is C19H25N5O. The minimum atomic E-state index is 0.166. The van der Waals surface area contributed by atoms with E-state index in [1.165, 1.54) is 12.8 Å². The van der Waals surface area contributed by atoms with Gasteiger partial charge in [-0.15, -0.1) is 0 Å². The molecule has 1 atom stereocenters. The van der Waals surface area contributed by atoms with Crippen LogP contribution in [0.3, 0.4) is 0 Å². The molecular weight excluding hydrogens is 314 g/mol. The molecule has 6 heteroatoms. The average molecular weight is 339 g/mol. The van der Waals surface area contributed by atoms with E-state index in [-0.39, 0.29) is 5.41 Å². The normalized spacial score (nSPS) is 25.0. The molecule has 0 aromatic carbocycles. The Hall–Kier alpha value is -2.05. The van der Waals surface area contributed by atoms with Crippen molar-refractivity contribution in [2.24, 2.45) is 5.41 Å². The topological polar surface area (TPSA) is 54.4 Å². The lowest BCUT2D eigenvalue weighted by atomic mass is 9.80. The third-order valence-corrected chi connectivity index (χ3v) is 5.20. The molecule has 2 saturated heterocycles. The average Bonchev–Trinajstić information content (AvgIpc) is 2.86. The van der Waals surface area contributed by atoms with E-state index in [4.69, 9.17) is 4.74 Å². The molecule has 0 saturated carbocycles. The van der Waals surface area contributed by atoms with Gasteiger partial charge in [0.25, 0.3) is 0 Å². The van der Waals surface area contributed by atoms with Crippen molar-refractivity contribution < 1.29 is 4.74 Å². The molecule has 2 aliphatic heterocycles. The zero-order chi connectivity index (χ0) is 17.0. The molecule has 0 aliphatic carbocycles. The highest BCUT2D eigenvalue weighted by Crippen LogP contribution is 2.34. The van der Waals surface area contributed by atoms with E-state index < -0.39 is 0 Å². The lowest BCUT2D eigenvalue weighted by Crippen LogP contribution is -2.50. The summed E-state index contributed by atoms with van der Waals surface area (Å²) in [6, 6.07) is 6.15. The Morgan fingerprint density at radius 3 is 2.88 bits per heavy atom. The van der Waals surface area contributed by atoms with Crippen molar-refractivity contribution in [3.8, 4) is 0 Å². The highest BCUT2D eigenvalue weighted by Gasteiger charge is 2.39. The number of rotatable bonds is 3. The summed E-state index contributed by atoms with van der Waals surface area (Å²) in [5.74, 6) is 0. The van der Waals surface area contributed by atoms with Gasteiger partial charge in [0, 0.05) is 37.8 Å². The molecule has 0 radical (unpaired) electrons. The van der Waals surface area contributed by atoms with Crippen molar-refractivity contribution in [3.63, 3.8) is 0 Å². The molecule has 4 heterocycles. The predicted octanol–water partition coefficient (Wildman–Crippen LogP) is 1.99. The van der Waals surface area contributed by atoms with Gasteiger partial charge in [0.05, 0.1) is 37.0 Å². The summed E-state index contributed by atoms with van der Waals surface area (Å²) < 4.78 is 6.01. The number of aromatic nitrogens is 3. The predicted molar refractivity (Wildman–Crippen MR) is 96.2 cm³/mol. The number of pyridine rings is 1. The fourth-order valence-corrected chi connectivity index (χ4v) is 4.08. The SMILES string of the molecule is c1ccc(CN2CCC[C@]3(COCCN(c4cncnc4)C3)C2)nc1. The molecule has 2 aliphatic rings. The van der Waals surface area contributed by atoms with Crippen LogP contribution in [-0.4, -0.2) is 59.2 Å². The Balaban J connectivity index is 1.49. The monoisotopic (exact) mass is 339 g/mol. The second kappa shape index (κ2) is 7.45. The molecule has 0 bridgehead atoms. The van der Waals surface area contributed by atoms with Gasteiger partial charge in [-0.25, -0.2) is 9.97 Å². The Morgan fingerprint density at radius 2 is 2.04 bits per heavy atom. The van der Waals surface area contributed by atoms with Crippen LogP contribution in [0, 0.1) is 5.41 Å². The molecule has 2 aromatic rings. The molecule has 4 rings (SSSR count). The van der Waals surface area contributed by atoms with Crippen LogP contribution in [0.2, 0.25) is 0 Å². The van der Waals surface area contributed by atoms with Gasteiger partial charge in [0.2, 0.25) is 0 Å². The molecule has 2 aromatic heterocycles. The zero-order valence-electron chi connectivity index (χ0n) is 14.5. The van der Waals surface area contributed by atoms with E-state index in [9.17, 15) is 0 Å². The van der Waals surface area contributed by atoms with Crippen molar-refractivity contribution in [1.29, 1.82) is 0 Å². The lowest BCUT2D eigenvalue weighted by molar-refractivity contribution is 0.0103. The van der Waals surface area contributed by atoms with Crippen LogP contribution in [0.25, 0.3) is 0 Å². The second-order valence-corrected chi connectivity index (χ2v) is 7.21. The van der Waals surface area contributed by atoms with Crippen LogP contribution in [0.15, 0.2) is 43.1 Å². The van der Waals surface area contributed by atoms with Crippen molar-refractivity contribution in [1.82, 2.24) is 19.9 Å². The number of hydrogen-bond donors (Lipinski definition) is 0. The highest BCUT2D eigenvalue weighted by atomic mass is 16.5. The van der Waals surface area contributed by atoms with Crippen molar-refractivity contribution >= 4 is 5.69 Å². The third kappa shape index (κ3) is 3.96. The molecule has 132 valence electrons. The van der Waals surface area contributed by atoms with Gasteiger partial charge >= 0.3 is 0 Å². The first kappa shape index (κ1) is 16.4. The summed E-state index contributed by atoms with van der Waals surface area (Å²) in [6.07, 6.45) is 9.68. The standard InChI is InChI=1S/C19H25N5O/c1-2-6-22-17(4-1)12-23-7-3-5-19(13-23)14-24(8-9-25-15-19)18-10-20-16-21-11-18/h1-2,4,6,10-11,16H,3,5,7-9,12-15H2/t19-/m0/s1. The second-order valence-electron chi connectivity index (χ2n) is 7.21. The fraction of sp³-hybridized carbons (Fsp3) is 0.526. The van der Waals surface area contributed by atoms with Crippen LogP contribution >= 0.6 is 0 Å². The fourth-order valence-electron chi connectivity index (χ4n) is 4.08. The first-order chi connectivity index (χ1) is 12.3. The van der Waals surface area contributed by atoms with E-state index in [1.807, 2.05) is 24.7 Å². The van der Waals surface area contributed by atoms with Gasteiger partial charge in [-0.1, -0.05) is 6.07 Å². The minimum absolute atomic E-state index is 0.166. The number of piperidine rings is 1. The Kier molecular flexibility index (Phi) is 4.90. The number of ether oxygens (including phenoxy) is 1. The van der Waals surface area contributed by atoms with Crippen LogP contribution in [0.5, 0.6) is 0 Å². The summed E-state index contributed by atoms with van der Waals surface area (Å²) in [5.41, 5.74) is 2.40. The Labute approximate surface area is 148 Å². The summed E-state index contributed by atoms with van der Waals surface area (Å²) in [6.45, 7) is 6.58. The highest BCUT2D eigenvalue weighted by molar-refractivity contribution is 5.42. The molecule has 2 fully saturated rings. The number of hydrogen-bond acceptors (Lipinski definition) is 6. The van der Waals surface area contributed by atoms with Gasteiger partial charge in [-0.2, -0.15) is 0 Å². The van der Waals surface area contributed by atoms with E-state index >= 15 is 0 Å². The van der Waals surface area contributed by atoms with Crippen LogP contribution < -0.4 is 4.90 Å². The van der Waals surface area contributed by atoms with Crippen LogP contribution in [0.4, 0.5) is 5.69 Å². The maximum atomic E-state index is 6.01. The van der Waals surface area contributed by atoms with E-state index in [2.05, 4.69) is 36.9 Å². The zero-order valence-corrected chi connectivity index (χ0v) is 14.5. The van der Waals surface area contributed by atoms with Crippen LogP contribution in [0.1, 0.15) is 18.5 Å². The van der Waals surface area contributed by atoms with Crippen molar-refractivity contribution in [2.75, 3.05) is 44.3 Å².